The summed E-state index contributed by atoms with van der Waals surface area (Å²) in [5.74, 6) is -0.410. The molecular formula is C24H30ClNO2. The molecule has 0 radical (unpaired) electrons. The van der Waals surface area contributed by atoms with Crippen LogP contribution in [0.3, 0.4) is 0 Å². The molecule has 1 N–H and O–H groups in total. The fraction of sp³-hybridized carbons (Fsp3) is 0.458. The van der Waals surface area contributed by atoms with E-state index in [4.69, 9.17) is 16.7 Å². The molecule has 3 nitrogen and oxygen atoms in total. The molecule has 1 aliphatic heterocycles. The van der Waals surface area contributed by atoms with E-state index in [1.54, 1.807) is 0 Å². The van der Waals surface area contributed by atoms with Crippen molar-refractivity contribution in [1.82, 2.24) is 4.90 Å². The molecule has 0 saturated carbocycles. The van der Waals surface area contributed by atoms with Crippen LogP contribution in [-0.4, -0.2) is 29.1 Å². The SMILES string of the molecule is CCc1ccc(C[C@H](CC)c2ccc(Cl)c(C)c2)cc1CN1CC(C(=O)O)C1. The first-order valence-corrected chi connectivity index (χ1v) is 10.6. The molecule has 1 aliphatic rings. The number of aryl methyl sites for hydroxylation is 2. The van der Waals surface area contributed by atoms with Crippen molar-refractivity contribution in [2.24, 2.45) is 5.92 Å². The molecule has 2 aromatic rings. The highest BCUT2D eigenvalue weighted by Gasteiger charge is 2.32. The van der Waals surface area contributed by atoms with E-state index in [1.165, 1.54) is 22.3 Å². The molecule has 4 heteroatoms. The molecule has 1 heterocycles. The number of rotatable bonds is 8. The topological polar surface area (TPSA) is 40.5 Å². The van der Waals surface area contributed by atoms with Crippen LogP contribution in [0.5, 0.6) is 0 Å². The minimum Gasteiger partial charge on any atom is -0.481 e. The third-order valence-electron chi connectivity index (χ3n) is 5.98. The Kier molecular flexibility index (Phi) is 6.79. The van der Waals surface area contributed by atoms with Crippen molar-refractivity contribution >= 4 is 17.6 Å². The summed E-state index contributed by atoms with van der Waals surface area (Å²) in [4.78, 5) is 13.3. The summed E-state index contributed by atoms with van der Waals surface area (Å²) >= 11 is 6.20. The van der Waals surface area contributed by atoms with E-state index in [2.05, 4.69) is 56.0 Å². The van der Waals surface area contributed by atoms with Crippen LogP contribution in [0.2, 0.25) is 5.02 Å². The summed E-state index contributed by atoms with van der Waals surface area (Å²) in [6.45, 7) is 8.64. The van der Waals surface area contributed by atoms with Gasteiger partial charge in [-0.1, -0.05) is 55.8 Å². The maximum absolute atomic E-state index is 11.1. The second-order valence-corrected chi connectivity index (χ2v) is 8.41. The highest BCUT2D eigenvalue weighted by Crippen LogP contribution is 2.29. The summed E-state index contributed by atoms with van der Waals surface area (Å²) < 4.78 is 0. The van der Waals surface area contributed by atoms with Crippen LogP contribution in [-0.2, 0) is 24.2 Å². The zero-order valence-corrected chi connectivity index (χ0v) is 17.8. The minimum absolute atomic E-state index is 0.203. The molecule has 3 rings (SSSR count). The molecule has 0 aliphatic carbocycles. The van der Waals surface area contributed by atoms with Gasteiger partial charge in [-0.25, -0.2) is 0 Å². The first kappa shape index (κ1) is 20.9. The van der Waals surface area contributed by atoms with E-state index in [1.807, 2.05) is 6.07 Å². The molecule has 0 bridgehead atoms. The van der Waals surface area contributed by atoms with Crippen LogP contribution in [0.1, 0.15) is 54.0 Å². The Morgan fingerprint density at radius 1 is 1.18 bits per heavy atom. The summed E-state index contributed by atoms with van der Waals surface area (Å²) in [7, 11) is 0. The van der Waals surface area contributed by atoms with Crippen molar-refractivity contribution in [1.29, 1.82) is 0 Å². The number of hydrogen-bond donors (Lipinski definition) is 1. The van der Waals surface area contributed by atoms with Crippen molar-refractivity contribution in [3.8, 4) is 0 Å². The maximum Gasteiger partial charge on any atom is 0.309 e. The van der Waals surface area contributed by atoms with Gasteiger partial charge in [0.1, 0.15) is 0 Å². The van der Waals surface area contributed by atoms with Crippen molar-refractivity contribution < 1.29 is 9.90 Å². The predicted molar refractivity (Wildman–Crippen MR) is 115 cm³/mol. The zero-order chi connectivity index (χ0) is 20.3. The largest absolute Gasteiger partial charge is 0.481 e. The Balaban J connectivity index is 1.74. The lowest BCUT2D eigenvalue weighted by molar-refractivity contribution is -0.147. The second kappa shape index (κ2) is 9.11. The van der Waals surface area contributed by atoms with Crippen LogP contribution >= 0.6 is 11.6 Å². The fourth-order valence-electron chi connectivity index (χ4n) is 4.10. The predicted octanol–water partition coefficient (Wildman–Crippen LogP) is 5.46. The number of halogens is 1. The summed E-state index contributed by atoms with van der Waals surface area (Å²) in [6.07, 6.45) is 3.09. The smallest absolute Gasteiger partial charge is 0.309 e. The normalized spacial score (nSPS) is 16.0. The van der Waals surface area contributed by atoms with E-state index < -0.39 is 5.97 Å². The van der Waals surface area contributed by atoms with E-state index in [-0.39, 0.29) is 5.92 Å². The number of benzene rings is 2. The van der Waals surface area contributed by atoms with Gasteiger partial charge in [-0.2, -0.15) is 0 Å². The fourth-order valence-corrected chi connectivity index (χ4v) is 4.22. The number of carbonyl (C=O) groups is 1. The zero-order valence-electron chi connectivity index (χ0n) is 17.0. The molecule has 28 heavy (non-hydrogen) atoms. The second-order valence-electron chi connectivity index (χ2n) is 8.00. The van der Waals surface area contributed by atoms with Gasteiger partial charge < -0.3 is 5.11 Å². The van der Waals surface area contributed by atoms with E-state index in [0.29, 0.717) is 19.0 Å². The van der Waals surface area contributed by atoms with Gasteiger partial charge in [0.25, 0.3) is 0 Å². The average Bonchev–Trinajstić information content (AvgIpc) is 2.64. The van der Waals surface area contributed by atoms with Gasteiger partial charge in [0.2, 0.25) is 0 Å². The van der Waals surface area contributed by atoms with Crippen molar-refractivity contribution in [3.63, 3.8) is 0 Å². The lowest BCUT2D eigenvalue weighted by Gasteiger charge is -2.37. The van der Waals surface area contributed by atoms with Gasteiger partial charge in [0.05, 0.1) is 5.92 Å². The van der Waals surface area contributed by atoms with Gasteiger partial charge in [-0.15, -0.1) is 0 Å². The Hall–Kier alpha value is -1.84. The van der Waals surface area contributed by atoms with Crippen LogP contribution in [0.25, 0.3) is 0 Å². The first-order chi connectivity index (χ1) is 13.4. The van der Waals surface area contributed by atoms with Crippen molar-refractivity contribution in [2.45, 2.75) is 52.5 Å². The number of nitrogens with zero attached hydrogens (tertiary/aromatic N) is 1. The highest BCUT2D eigenvalue weighted by molar-refractivity contribution is 6.31. The number of hydrogen-bond acceptors (Lipinski definition) is 2. The number of carboxylic acid groups (broad SMARTS) is 1. The third kappa shape index (κ3) is 4.76. The van der Waals surface area contributed by atoms with Gasteiger partial charge in [-0.05, 0) is 66.0 Å². The molecule has 1 saturated heterocycles. The van der Waals surface area contributed by atoms with Crippen LogP contribution in [0, 0.1) is 12.8 Å². The molecular weight excluding hydrogens is 370 g/mol. The van der Waals surface area contributed by atoms with E-state index in [9.17, 15) is 4.79 Å². The van der Waals surface area contributed by atoms with E-state index >= 15 is 0 Å². The van der Waals surface area contributed by atoms with Crippen LogP contribution in [0.15, 0.2) is 36.4 Å². The molecule has 0 amide bonds. The summed E-state index contributed by atoms with van der Waals surface area (Å²) in [6, 6.07) is 13.2. The molecule has 1 atom stereocenters. The molecule has 0 spiro atoms. The van der Waals surface area contributed by atoms with E-state index in [0.717, 1.165) is 36.4 Å². The van der Waals surface area contributed by atoms with Crippen LogP contribution < -0.4 is 0 Å². The highest BCUT2D eigenvalue weighted by atomic mass is 35.5. The summed E-state index contributed by atoms with van der Waals surface area (Å²) in [5, 5.41) is 9.92. The molecule has 150 valence electrons. The van der Waals surface area contributed by atoms with Crippen LogP contribution in [0.4, 0.5) is 0 Å². The quantitative estimate of drug-likeness (QED) is 0.640. The lowest BCUT2D eigenvalue weighted by atomic mass is 9.87. The Morgan fingerprint density at radius 2 is 1.93 bits per heavy atom. The number of aliphatic carboxylic acids is 1. The van der Waals surface area contributed by atoms with Gasteiger partial charge in [-0.3, -0.25) is 9.69 Å². The Morgan fingerprint density at radius 3 is 2.54 bits per heavy atom. The monoisotopic (exact) mass is 399 g/mol. The molecule has 0 unspecified atom stereocenters. The minimum atomic E-state index is -0.676. The molecule has 0 aromatic heterocycles. The molecule has 1 fully saturated rings. The number of likely N-dealkylation sites (tertiary alicyclic amines) is 1. The summed E-state index contributed by atoms with van der Waals surface area (Å²) in [5.41, 5.74) is 6.52. The lowest BCUT2D eigenvalue weighted by Crippen LogP contribution is -2.49. The van der Waals surface area contributed by atoms with Gasteiger partial charge in [0.15, 0.2) is 0 Å². The first-order valence-electron chi connectivity index (χ1n) is 10.2. The number of carboxylic acids is 1. The third-order valence-corrected chi connectivity index (χ3v) is 6.40. The standard InChI is InChI=1S/C24H30ClNO2/c1-4-18-7-6-17(12-21(18)13-26-14-22(15-26)24(27)28)11-19(5-2)20-8-9-23(25)16(3)10-20/h6-10,12,19,22H,4-5,11,13-15H2,1-3H3,(H,27,28)/t19-/m0/s1. The van der Waals surface area contributed by atoms with Crippen molar-refractivity contribution in [3.05, 3.63) is 69.2 Å². The Labute approximate surface area is 173 Å². The maximum atomic E-state index is 11.1. The van der Waals surface area contributed by atoms with Gasteiger partial charge in [0, 0.05) is 24.7 Å². The Bertz CT molecular complexity index is 842. The molecule has 2 aromatic carbocycles. The van der Waals surface area contributed by atoms with Gasteiger partial charge >= 0.3 is 5.97 Å². The average molecular weight is 400 g/mol. The van der Waals surface area contributed by atoms with Crippen molar-refractivity contribution in [2.75, 3.05) is 13.1 Å².